The van der Waals surface area contributed by atoms with Crippen LogP contribution in [0.25, 0.3) is 11.5 Å². The van der Waals surface area contributed by atoms with E-state index < -0.39 is 0 Å². The SMILES string of the molecule is N#Cc1ccc(C(=O)Nc2nnc(-c3ccc4c(c3)CCCC4)o2)cc1. The van der Waals surface area contributed by atoms with Crippen LogP contribution in [0.4, 0.5) is 6.01 Å². The molecule has 128 valence electrons. The highest BCUT2D eigenvalue weighted by Crippen LogP contribution is 2.27. The maximum Gasteiger partial charge on any atom is 0.322 e. The van der Waals surface area contributed by atoms with Crippen LogP contribution in [0.1, 0.15) is 39.9 Å². The lowest BCUT2D eigenvalue weighted by Gasteiger charge is -2.15. The van der Waals surface area contributed by atoms with E-state index in [1.807, 2.05) is 12.1 Å². The van der Waals surface area contributed by atoms with Gasteiger partial charge in [-0.25, -0.2) is 0 Å². The van der Waals surface area contributed by atoms with Crippen molar-refractivity contribution in [3.8, 4) is 17.5 Å². The first-order valence-electron chi connectivity index (χ1n) is 8.50. The normalized spacial score (nSPS) is 12.9. The van der Waals surface area contributed by atoms with Crippen LogP contribution in [0.3, 0.4) is 0 Å². The molecule has 6 nitrogen and oxygen atoms in total. The summed E-state index contributed by atoms with van der Waals surface area (Å²) >= 11 is 0. The van der Waals surface area contributed by atoms with Gasteiger partial charge in [0.15, 0.2) is 0 Å². The zero-order valence-electron chi connectivity index (χ0n) is 14.0. The van der Waals surface area contributed by atoms with Crippen molar-refractivity contribution in [2.24, 2.45) is 0 Å². The number of rotatable bonds is 3. The van der Waals surface area contributed by atoms with E-state index in [4.69, 9.17) is 9.68 Å². The van der Waals surface area contributed by atoms with Crippen molar-refractivity contribution in [1.82, 2.24) is 10.2 Å². The van der Waals surface area contributed by atoms with Crippen LogP contribution in [-0.4, -0.2) is 16.1 Å². The summed E-state index contributed by atoms with van der Waals surface area (Å²) < 4.78 is 5.59. The number of hydrogen-bond acceptors (Lipinski definition) is 5. The molecule has 0 fully saturated rings. The highest BCUT2D eigenvalue weighted by molar-refractivity contribution is 6.03. The number of nitrogens with zero attached hydrogens (tertiary/aromatic N) is 3. The molecule has 1 aromatic heterocycles. The Balaban J connectivity index is 1.51. The van der Waals surface area contributed by atoms with Gasteiger partial charge in [0, 0.05) is 11.1 Å². The fourth-order valence-corrected chi connectivity index (χ4v) is 3.12. The summed E-state index contributed by atoms with van der Waals surface area (Å²) in [6.07, 6.45) is 4.62. The van der Waals surface area contributed by atoms with E-state index in [1.54, 1.807) is 24.3 Å². The summed E-state index contributed by atoms with van der Waals surface area (Å²) in [5, 5.41) is 19.3. The number of amides is 1. The highest BCUT2D eigenvalue weighted by Gasteiger charge is 2.15. The van der Waals surface area contributed by atoms with Gasteiger partial charge in [-0.1, -0.05) is 11.2 Å². The summed E-state index contributed by atoms with van der Waals surface area (Å²) in [5.41, 5.74) is 4.48. The predicted octanol–water partition coefficient (Wildman–Crippen LogP) is 3.74. The molecule has 1 aliphatic carbocycles. The molecule has 0 saturated carbocycles. The lowest BCUT2D eigenvalue weighted by atomic mass is 9.90. The Labute approximate surface area is 150 Å². The maximum absolute atomic E-state index is 12.2. The van der Waals surface area contributed by atoms with E-state index in [0.29, 0.717) is 17.0 Å². The van der Waals surface area contributed by atoms with Crippen LogP contribution in [0.2, 0.25) is 0 Å². The topological polar surface area (TPSA) is 91.8 Å². The monoisotopic (exact) mass is 344 g/mol. The second kappa shape index (κ2) is 6.81. The Bertz CT molecular complexity index is 999. The smallest absolute Gasteiger partial charge is 0.322 e. The molecule has 0 spiro atoms. The fraction of sp³-hybridized carbons (Fsp3) is 0.200. The number of hydrogen-bond donors (Lipinski definition) is 1. The van der Waals surface area contributed by atoms with E-state index in [0.717, 1.165) is 18.4 Å². The molecular weight excluding hydrogens is 328 g/mol. The van der Waals surface area contributed by atoms with Crippen molar-refractivity contribution >= 4 is 11.9 Å². The zero-order chi connectivity index (χ0) is 17.9. The van der Waals surface area contributed by atoms with Gasteiger partial charge in [-0.3, -0.25) is 10.1 Å². The Morgan fingerprint density at radius 3 is 2.58 bits per heavy atom. The minimum absolute atomic E-state index is 0.0482. The fourth-order valence-electron chi connectivity index (χ4n) is 3.12. The Morgan fingerprint density at radius 1 is 1.04 bits per heavy atom. The molecule has 6 heteroatoms. The number of aryl methyl sites for hydroxylation is 2. The molecule has 0 radical (unpaired) electrons. The zero-order valence-corrected chi connectivity index (χ0v) is 14.0. The van der Waals surface area contributed by atoms with Crippen molar-refractivity contribution < 1.29 is 9.21 Å². The molecule has 0 atom stereocenters. The van der Waals surface area contributed by atoms with Gasteiger partial charge in [0.2, 0.25) is 5.89 Å². The van der Waals surface area contributed by atoms with Crippen LogP contribution in [0.15, 0.2) is 46.9 Å². The third-order valence-corrected chi connectivity index (χ3v) is 4.52. The van der Waals surface area contributed by atoms with Gasteiger partial charge in [0.25, 0.3) is 5.91 Å². The van der Waals surface area contributed by atoms with E-state index in [9.17, 15) is 4.79 Å². The lowest BCUT2D eigenvalue weighted by Crippen LogP contribution is -2.11. The number of anilines is 1. The van der Waals surface area contributed by atoms with E-state index >= 15 is 0 Å². The third kappa shape index (κ3) is 3.20. The van der Waals surface area contributed by atoms with Gasteiger partial charge in [0.05, 0.1) is 11.6 Å². The molecule has 4 rings (SSSR count). The molecule has 0 aliphatic heterocycles. The average molecular weight is 344 g/mol. The summed E-state index contributed by atoms with van der Waals surface area (Å²) in [4.78, 5) is 12.2. The van der Waals surface area contributed by atoms with E-state index in [2.05, 4.69) is 27.6 Å². The highest BCUT2D eigenvalue weighted by atomic mass is 16.4. The van der Waals surface area contributed by atoms with Crippen molar-refractivity contribution in [1.29, 1.82) is 5.26 Å². The largest absolute Gasteiger partial charge is 0.403 e. The molecule has 1 aliphatic rings. The van der Waals surface area contributed by atoms with Crippen LogP contribution in [0, 0.1) is 11.3 Å². The molecule has 0 saturated heterocycles. The number of carbonyl (C=O) groups is 1. The molecule has 26 heavy (non-hydrogen) atoms. The molecule has 1 amide bonds. The van der Waals surface area contributed by atoms with E-state index in [-0.39, 0.29) is 11.9 Å². The lowest BCUT2D eigenvalue weighted by molar-refractivity contribution is 0.102. The minimum atomic E-state index is -0.366. The molecule has 0 unspecified atom stereocenters. The minimum Gasteiger partial charge on any atom is -0.403 e. The maximum atomic E-state index is 12.2. The summed E-state index contributed by atoms with van der Waals surface area (Å²) in [7, 11) is 0. The Hall–Kier alpha value is -3.46. The Morgan fingerprint density at radius 2 is 1.81 bits per heavy atom. The van der Waals surface area contributed by atoms with Crippen LogP contribution < -0.4 is 5.32 Å². The standard InChI is InChI=1S/C20H16N4O2/c21-12-13-5-7-15(8-6-13)18(25)22-20-24-23-19(26-20)17-10-9-14-3-1-2-4-16(14)11-17/h5-11H,1-4H2,(H,22,24,25). The first-order valence-corrected chi connectivity index (χ1v) is 8.50. The first kappa shape index (κ1) is 16.0. The van der Waals surface area contributed by atoms with Gasteiger partial charge < -0.3 is 4.42 Å². The summed E-state index contributed by atoms with van der Waals surface area (Å²) in [5.74, 6) is 0.0173. The predicted molar refractivity (Wildman–Crippen MR) is 95.5 cm³/mol. The molecule has 3 aromatic rings. The molecular formula is C20H16N4O2. The van der Waals surface area contributed by atoms with E-state index in [1.165, 1.54) is 24.0 Å². The molecule has 0 bridgehead atoms. The van der Waals surface area contributed by atoms with Gasteiger partial charge in [0.1, 0.15) is 0 Å². The second-order valence-corrected chi connectivity index (χ2v) is 6.25. The van der Waals surface area contributed by atoms with Crippen molar-refractivity contribution in [2.45, 2.75) is 25.7 Å². The Kier molecular flexibility index (Phi) is 4.20. The third-order valence-electron chi connectivity index (χ3n) is 4.52. The van der Waals surface area contributed by atoms with Gasteiger partial charge >= 0.3 is 6.01 Å². The number of carbonyl (C=O) groups excluding carboxylic acids is 1. The number of aromatic nitrogens is 2. The number of benzene rings is 2. The molecule has 2 aromatic carbocycles. The van der Waals surface area contributed by atoms with Gasteiger partial charge in [-0.15, -0.1) is 5.10 Å². The molecule has 1 heterocycles. The summed E-state index contributed by atoms with van der Waals surface area (Å²) in [6.45, 7) is 0. The van der Waals surface area contributed by atoms with Crippen LogP contribution in [-0.2, 0) is 12.8 Å². The van der Waals surface area contributed by atoms with Crippen LogP contribution in [0.5, 0.6) is 0 Å². The van der Waals surface area contributed by atoms with Gasteiger partial charge in [-0.05, 0) is 73.2 Å². The summed E-state index contributed by atoms with van der Waals surface area (Å²) in [6, 6.07) is 14.6. The number of fused-ring (bicyclic) bond motifs is 1. The van der Waals surface area contributed by atoms with Crippen molar-refractivity contribution in [3.63, 3.8) is 0 Å². The average Bonchev–Trinajstić information content (AvgIpc) is 3.16. The van der Waals surface area contributed by atoms with Crippen molar-refractivity contribution in [2.75, 3.05) is 5.32 Å². The molecule has 1 N–H and O–H groups in total. The quantitative estimate of drug-likeness (QED) is 0.781. The number of nitriles is 1. The van der Waals surface area contributed by atoms with Crippen LogP contribution >= 0.6 is 0 Å². The van der Waals surface area contributed by atoms with Gasteiger partial charge in [-0.2, -0.15) is 5.26 Å². The number of nitrogens with one attached hydrogen (secondary N) is 1. The first-order chi connectivity index (χ1) is 12.7. The van der Waals surface area contributed by atoms with Crippen molar-refractivity contribution in [3.05, 3.63) is 64.7 Å². The second-order valence-electron chi connectivity index (χ2n) is 6.25.